The van der Waals surface area contributed by atoms with Gasteiger partial charge in [0.2, 0.25) is 5.91 Å². The van der Waals surface area contributed by atoms with E-state index in [1.54, 1.807) is 0 Å². The Balaban J connectivity index is 1.88. The van der Waals surface area contributed by atoms with Crippen molar-refractivity contribution in [2.45, 2.75) is 38.6 Å². The fraction of sp³-hybridized carbons (Fsp3) is 0.818. The van der Waals surface area contributed by atoms with Crippen LogP contribution in [0, 0.1) is 5.92 Å². The smallest absolute Gasteiger partial charge is 0.256 e. The summed E-state index contributed by atoms with van der Waals surface area (Å²) in [6.45, 7) is 3.08. The fourth-order valence-electron chi connectivity index (χ4n) is 2.22. The number of carbonyl (C=O) groups excluding carboxylic acids is 2. The zero-order valence-corrected chi connectivity index (χ0v) is 9.56. The SMILES string of the molecule is CCCCCCN1C(=O)[C@H]2CN=N[C@@H]2C1=O. The molecule has 2 atom stereocenters. The predicted octanol–water partition coefficient (Wildman–Crippen LogP) is 1.39. The number of carbonyl (C=O) groups is 2. The molecule has 0 unspecified atom stereocenters. The van der Waals surface area contributed by atoms with Crippen LogP contribution in [-0.4, -0.2) is 35.8 Å². The molecule has 2 aliphatic rings. The molecule has 0 aliphatic carbocycles. The molecule has 2 rings (SSSR count). The van der Waals surface area contributed by atoms with Crippen LogP contribution in [0.4, 0.5) is 0 Å². The molecule has 1 fully saturated rings. The summed E-state index contributed by atoms with van der Waals surface area (Å²) in [6, 6.07) is -0.501. The van der Waals surface area contributed by atoms with Gasteiger partial charge in [0.05, 0.1) is 12.5 Å². The van der Waals surface area contributed by atoms with Crippen LogP contribution in [-0.2, 0) is 9.59 Å². The third kappa shape index (κ3) is 1.86. The maximum absolute atomic E-state index is 11.8. The molecule has 0 saturated carbocycles. The molecule has 0 aromatic rings. The van der Waals surface area contributed by atoms with Crippen LogP contribution in [0.25, 0.3) is 0 Å². The highest BCUT2D eigenvalue weighted by Gasteiger charge is 2.49. The summed E-state index contributed by atoms with van der Waals surface area (Å²) < 4.78 is 0. The van der Waals surface area contributed by atoms with Gasteiger partial charge in [0.15, 0.2) is 6.04 Å². The van der Waals surface area contributed by atoms with E-state index in [0.717, 1.165) is 25.7 Å². The Bertz CT molecular complexity index is 327. The van der Waals surface area contributed by atoms with Gasteiger partial charge in [-0.3, -0.25) is 14.5 Å². The standard InChI is InChI=1S/C11H17N3O2/c1-2-3-4-5-6-14-10(15)8-7-12-13-9(8)11(14)16/h8-9H,2-7H2,1H3/t8-,9-/m0/s1. The van der Waals surface area contributed by atoms with E-state index in [0.29, 0.717) is 13.1 Å². The first-order valence-corrected chi connectivity index (χ1v) is 5.97. The molecule has 5 heteroatoms. The number of azo groups is 1. The van der Waals surface area contributed by atoms with Crippen LogP contribution >= 0.6 is 0 Å². The zero-order chi connectivity index (χ0) is 11.5. The summed E-state index contributed by atoms with van der Waals surface area (Å²) in [6.07, 6.45) is 4.29. The van der Waals surface area contributed by atoms with Crippen molar-refractivity contribution in [3.05, 3.63) is 0 Å². The molecule has 0 radical (unpaired) electrons. The van der Waals surface area contributed by atoms with E-state index >= 15 is 0 Å². The van der Waals surface area contributed by atoms with Crippen molar-refractivity contribution in [3.8, 4) is 0 Å². The second-order valence-electron chi connectivity index (χ2n) is 4.38. The Hall–Kier alpha value is -1.26. The lowest BCUT2D eigenvalue weighted by Gasteiger charge is -2.14. The average Bonchev–Trinajstić information content (AvgIpc) is 2.83. The lowest BCUT2D eigenvalue weighted by Crippen LogP contribution is -2.33. The van der Waals surface area contributed by atoms with Crippen molar-refractivity contribution in [1.29, 1.82) is 0 Å². The van der Waals surface area contributed by atoms with Gasteiger partial charge in [-0.15, -0.1) is 0 Å². The summed E-state index contributed by atoms with van der Waals surface area (Å²) in [5.74, 6) is -0.511. The summed E-state index contributed by atoms with van der Waals surface area (Å²) in [4.78, 5) is 25.0. The molecule has 16 heavy (non-hydrogen) atoms. The minimum Gasteiger partial charge on any atom is -0.280 e. The third-order valence-corrected chi connectivity index (χ3v) is 3.20. The van der Waals surface area contributed by atoms with Crippen molar-refractivity contribution in [2.75, 3.05) is 13.1 Å². The Labute approximate surface area is 94.9 Å². The molecule has 5 nitrogen and oxygen atoms in total. The first kappa shape index (κ1) is 11.2. The van der Waals surface area contributed by atoms with Gasteiger partial charge in [0.1, 0.15) is 0 Å². The lowest BCUT2D eigenvalue weighted by molar-refractivity contribution is -0.139. The second kappa shape index (κ2) is 4.72. The molecule has 2 amide bonds. The molecule has 2 aliphatic heterocycles. The monoisotopic (exact) mass is 223 g/mol. The molecule has 0 bridgehead atoms. The zero-order valence-electron chi connectivity index (χ0n) is 9.56. The van der Waals surface area contributed by atoms with E-state index < -0.39 is 6.04 Å². The van der Waals surface area contributed by atoms with E-state index in [9.17, 15) is 9.59 Å². The number of likely N-dealkylation sites (tertiary alicyclic amines) is 1. The normalized spacial score (nSPS) is 27.9. The molecule has 0 aromatic carbocycles. The van der Waals surface area contributed by atoms with E-state index in [1.807, 2.05) is 0 Å². The fourth-order valence-corrected chi connectivity index (χ4v) is 2.22. The second-order valence-corrected chi connectivity index (χ2v) is 4.38. The van der Waals surface area contributed by atoms with Gasteiger partial charge in [0.25, 0.3) is 5.91 Å². The number of hydrogen-bond acceptors (Lipinski definition) is 4. The Morgan fingerprint density at radius 3 is 2.75 bits per heavy atom. The molecule has 0 spiro atoms. The summed E-state index contributed by atoms with van der Waals surface area (Å²) in [7, 11) is 0. The minimum absolute atomic E-state index is 0.0727. The summed E-state index contributed by atoms with van der Waals surface area (Å²) in [5, 5.41) is 7.61. The van der Waals surface area contributed by atoms with Crippen LogP contribution < -0.4 is 0 Å². The van der Waals surface area contributed by atoms with E-state index in [1.165, 1.54) is 4.90 Å². The van der Waals surface area contributed by atoms with Crippen LogP contribution in [0.3, 0.4) is 0 Å². The molecule has 0 N–H and O–H groups in total. The van der Waals surface area contributed by atoms with Crippen LogP contribution in [0.2, 0.25) is 0 Å². The quantitative estimate of drug-likeness (QED) is 0.522. The topological polar surface area (TPSA) is 62.1 Å². The molecule has 88 valence electrons. The maximum atomic E-state index is 11.8. The average molecular weight is 223 g/mol. The van der Waals surface area contributed by atoms with Gasteiger partial charge in [-0.1, -0.05) is 26.2 Å². The van der Waals surface area contributed by atoms with Gasteiger partial charge in [-0.2, -0.15) is 10.2 Å². The highest BCUT2D eigenvalue weighted by atomic mass is 16.2. The number of nitrogens with zero attached hydrogens (tertiary/aromatic N) is 3. The lowest BCUT2D eigenvalue weighted by atomic mass is 10.1. The molecular weight excluding hydrogens is 206 g/mol. The van der Waals surface area contributed by atoms with Crippen LogP contribution in [0.1, 0.15) is 32.6 Å². The first-order valence-electron chi connectivity index (χ1n) is 5.97. The number of imide groups is 1. The molecule has 2 heterocycles. The van der Waals surface area contributed by atoms with Gasteiger partial charge < -0.3 is 0 Å². The van der Waals surface area contributed by atoms with Gasteiger partial charge in [-0.25, -0.2) is 0 Å². The number of rotatable bonds is 5. The van der Waals surface area contributed by atoms with Gasteiger partial charge in [-0.05, 0) is 6.42 Å². The number of hydrogen-bond donors (Lipinski definition) is 0. The Morgan fingerprint density at radius 2 is 2.06 bits per heavy atom. The van der Waals surface area contributed by atoms with E-state index in [2.05, 4.69) is 17.2 Å². The van der Waals surface area contributed by atoms with Gasteiger partial charge >= 0.3 is 0 Å². The molecule has 1 saturated heterocycles. The van der Waals surface area contributed by atoms with Crippen molar-refractivity contribution < 1.29 is 9.59 Å². The minimum atomic E-state index is -0.501. The largest absolute Gasteiger partial charge is 0.280 e. The number of amides is 2. The van der Waals surface area contributed by atoms with E-state index in [-0.39, 0.29) is 17.7 Å². The summed E-state index contributed by atoms with van der Waals surface area (Å²) in [5.41, 5.74) is 0. The molecule has 0 aromatic heterocycles. The van der Waals surface area contributed by atoms with Crippen LogP contribution in [0.15, 0.2) is 10.2 Å². The third-order valence-electron chi connectivity index (χ3n) is 3.20. The van der Waals surface area contributed by atoms with Gasteiger partial charge in [0, 0.05) is 6.54 Å². The predicted molar refractivity (Wildman–Crippen MR) is 57.9 cm³/mol. The highest BCUT2D eigenvalue weighted by Crippen LogP contribution is 2.28. The van der Waals surface area contributed by atoms with Crippen molar-refractivity contribution in [1.82, 2.24) is 4.90 Å². The first-order chi connectivity index (χ1) is 7.75. The molecular formula is C11H17N3O2. The number of unbranched alkanes of at least 4 members (excludes halogenated alkanes) is 3. The van der Waals surface area contributed by atoms with Crippen LogP contribution in [0.5, 0.6) is 0 Å². The summed E-state index contributed by atoms with van der Waals surface area (Å²) >= 11 is 0. The number of fused-ring (bicyclic) bond motifs is 1. The Morgan fingerprint density at radius 1 is 1.25 bits per heavy atom. The highest BCUT2D eigenvalue weighted by molar-refractivity contribution is 6.07. The van der Waals surface area contributed by atoms with Crippen molar-refractivity contribution in [2.24, 2.45) is 16.1 Å². The van der Waals surface area contributed by atoms with Crippen molar-refractivity contribution >= 4 is 11.8 Å². The Kier molecular flexibility index (Phi) is 3.31. The maximum Gasteiger partial charge on any atom is 0.256 e. The van der Waals surface area contributed by atoms with E-state index in [4.69, 9.17) is 0 Å². The van der Waals surface area contributed by atoms with Crippen molar-refractivity contribution in [3.63, 3.8) is 0 Å².